The van der Waals surface area contributed by atoms with Crippen LogP contribution in [-0.4, -0.2) is 33.7 Å². The first-order valence-electron chi connectivity index (χ1n) is 10.6. The van der Waals surface area contributed by atoms with Crippen LogP contribution < -0.4 is 14.8 Å². The summed E-state index contributed by atoms with van der Waals surface area (Å²) < 4.78 is 33.9. The number of halogens is 1. The van der Waals surface area contributed by atoms with Gasteiger partial charge in [-0.1, -0.05) is 54.1 Å². The SMILES string of the molecule is COc1ccc(S(=O)(=O)NC(Cc2ccccc2)C(=O)NC(C)c2ccc(SC)cc2)cc1Cl. The molecule has 2 atom stereocenters. The molecular formula is C25H27ClN2O4S2. The van der Waals surface area contributed by atoms with Gasteiger partial charge in [0.1, 0.15) is 11.8 Å². The normalized spacial score (nSPS) is 13.2. The van der Waals surface area contributed by atoms with E-state index in [1.807, 2.05) is 67.8 Å². The summed E-state index contributed by atoms with van der Waals surface area (Å²) in [7, 11) is -2.59. The monoisotopic (exact) mass is 518 g/mol. The van der Waals surface area contributed by atoms with Crippen molar-refractivity contribution in [1.82, 2.24) is 10.0 Å². The van der Waals surface area contributed by atoms with E-state index in [9.17, 15) is 13.2 Å². The third-order valence-electron chi connectivity index (χ3n) is 5.30. The van der Waals surface area contributed by atoms with Crippen LogP contribution in [0, 0.1) is 0 Å². The van der Waals surface area contributed by atoms with Crippen LogP contribution in [0.2, 0.25) is 5.02 Å². The van der Waals surface area contributed by atoms with Crippen molar-refractivity contribution in [3.63, 3.8) is 0 Å². The summed E-state index contributed by atoms with van der Waals surface area (Å²) in [5.74, 6) is -0.0611. The molecule has 0 spiro atoms. The first-order valence-corrected chi connectivity index (χ1v) is 13.7. The minimum Gasteiger partial charge on any atom is -0.495 e. The standard InChI is InChI=1S/C25H27ClN2O4S2/c1-17(19-9-11-20(33-3)12-10-19)27-25(29)23(15-18-7-5-4-6-8-18)28-34(30,31)21-13-14-24(32-2)22(26)16-21/h4-14,16-17,23,28H,15H2,1-3H3,(H,27,29). The Hall–Kier alpha value is -2.52. The first-order chi connectivity index (χ1) is 16.2. The van der Waals surface area contributed by atoms with Gasteiger partial charge in [0.25, 0.3) is 0 Å². The fourth-order valence-electron chi connectivity index (χ4n) is 3.40. The molecule has 0 aliphatic carbocycles. The molecule has 3 aromatic carbocycles. The van der Waals surface area contributed by atoms with Crippen LogP contribution in [-0.2, 0) is 21.2 Å². The Bertz CT molecular complexity index is 1220. The number of amides is 1. The third-order valence-corrected chi connectivity index (χ3v) is 7.81. The van der Waals surface area contributed by atoms with Crippen LogP contribution in [0.5, 0.6) is 5.75 Å². The van der Waals surface area contributed by atoms with Gasteiger partial charge in [0.15, 0.2) is 0 Å². The highest BCUT2D eigenvalue weighted by Gasteiger charge is 2.27. The van der Waals surface area contributed by atoms with E-state index in [1.165, 1.54) is 25.3 Å². The highest BCUT2D eigenvalue weighted by Crippen LogP contribution is 2.27. The lowest BCUT2D eigenvalue weighted by atomic mass is 10.0. The molecule has 0 saturated heterocycles. The van der Waals surface area contributed by atoms with Gasteiger partial charge in [-0.15, -0.1) is 11.8 Å². The van der Waals surface area contributed by atoms with Gasteiger partial charge >= 0.3 is 0 Å². The minimum atomic E-state index is -4.04. The number of hydrogen-bond donors (Lipinski definition) is 2. The quantitative estimate of drug-likeness (QED) is 0.375. The largest absolute Gasteiger partial charge is 0.495 e. The molecule has 2 N–H and O–H groups in total. The second-order valence-corrected chi connectivity index (χ2v) is 10.7. The average Bonchev–Trinajstić information content (AvgIpc) is 2.84. The van der Waals surface area contributed by atoms with E-state index in [2.05, 4.69) is 10.0 Å². The molecule has 0 fully saturated rings. The maximum absolute atomic E-state index is 13.2. The molecule has 0 aromatic heterocycles. The van der Waals surface area contributed by atoms with Crippen LogP contribution >= 0.6 is 23.4 Å². The van der Waals surface area contributed by atoms with Crippen LogP contribution in [0.15, 0.2) is 82.6 Å². The van der Waals surface area contributed by atoms with E-state index in [4.69, 9.17) is 16.3 Å². The van der Waals surface area contributed by atoms with Gasteiger partial charge in [-0.25, -0.2) is 8.42 Å². The predicted octanol–water partition coefficient (Wildman–Crippen LogP) is 4.84. The smallest absolute Gasteiger partial charge is 0.241 e. The molecule has 0 saturated carbocycles. The van der Waals surface area contributed by atoms with Gasteiger partial charge in [-0.3, -0.25) is 4.79 Å². The first kappa shape index (κ1) is 26.1. The Labute approximate surface area is 210 Å². The van der Waals surface area contributed by atoms with E-state index < -0.39 is 22.0 Å². The van der Waals surface area contributed by atoms with Gasteiger partial charge in [-0.2, -0.15) is 4.72 Å². The maximum Gasteiger partial charge on any atom is 0.241 e. The Morgan fingerprint density at radius 3 is 2.32 bits per heavy atom. The van der Waals surface area contributed by atoms with Crippen molar-refractivity contribution in [2.24, 2.45) is 0 Å². The summed E-state index contributed by atoms with van der Waals surface area (Å²) in [5.41, 5.74) is 1.75. The summed E-state index contributed by atoms with van der Waals surface area (Å²) in [6.07, 6.45) is 2.18. The van der Waals surface area contributed by atoms with Crippen molar-refractivity contribution >= 4 is 39.3 Å². The second kappa shape index (κ2) is 11.8. The summed E-state index contributed by atoms with van der Waals surface area (Å²) >= 11 is 7.76. The lowest BCUT2D eigenvalue weighted by Crippen LogP contribution is -2.48. The second-order valence-electron chi connectivity index (χ2n) is 7.66. The van der Waals surface area contributed by atoms with Gasteiger partial charge in [0.05, 0.1) is 23.1 Å². The Morgan fingerprint density at radius 2 is 1.74 bits per heavy atom. The molecule has 0 aliphatic rings. The Kier molecular flexibility index (Phi) is 9.02. The zero-order valence-electron chi connectivity index (χ0n) is 19.1. The Morgan fingerprint density at radius 1 is 1.06 bits per heavy atom. The summed E-state index contributed by atoms with van der Waals surface area (Å²) in [5, 5.41) is 3.10. The molecule has 2 unspecified atom stereocenters. The van der Waals surface area contributed by atoms with E-state index >= 15 is 0 Å². The van der Waals surface area contributed by atoms with Gasteiger partial charge in [0, 0.05) is 4.90 Å². The number of nitrogens with one attached hydrogen (secondary N) is 2. The average molecular weight is 519 g/mol. The minimum absolute atomic E-state index is 0.0511. The highest BCUT2D eigenvalue weighted by molar-refractivity contribution is 7.98. The number of ether oxygens (including phenoxy) is 1. The number of rotatable bonds is 10. The van der Waals surface area contributed by atoms with Crippen LogP contribution in [0.1, 0.15) is 24.1 Å². The van der Waals surface area contributed by atoms with Gasteiger partial charge < -0.3 is 10.1 Å². The van der Waals surface area contributed by atoms with Crippen LogP contribution in [0.3, 0.4) is 0 Å². The lowest BCUT2D eigenvalue weighted by molar-refractivity contribution is -0.123. The maximum atomic E-state index is 13.2. The zero-order chi connectivity index (χ0) is 24.7. The summed E-state index contributed by atoms with van der Waals surface area (Å²) in [6.45, 7) is 1.86. The summed E-state index contributed by atoms with van der Waals surface area (Å²) in [4.78, 5) is 14.3. The molecule has 180 valence electrons. The number of carbonyl (C=O) groups is 1. The molecule has 3 rings (SSSR count). The van der Waals surface area contributed by atoms with E-state index in [0.717, 1.165) is 16.0 Å². The van der Waals surface area contributed by atoms with E-state index in [-0.39, 0.29) is 22.4 Å². The van der Waals surface area contributed by atoms with E-state index in [0.29, 0.717) is 5.75 Å². The van der Waals surface area contributed by atoms with Crippen molar-refractivity contribution < 1.29 is 17.9 Å². The highest BCUT2D eigenvalue weighted by atomic mass is 35.5. The number of hydrogen-bond acceptors (Lipinski definition) is 5. The molecule has 0 bridgehead atoms. The molecule has 34 heavy (non-hydrogen) atoms. The number of benzene rings is 3. The predicted molar refractivity (Wildman–Crippen MR) is 137 cm³/mol. The molecular weight excluding hydrogens is 492 g/mol. The Balaban J connectivity index is 1.83. The van der Waals surface area contributed by atoms with Crippen molar-refractivity contribution in [2.45, 2.75) is 35.2 Å². The van der Waals surface area contributed by atoms with Crippen LogP contribution in [0.4, 0.5) is 0 Å². The van der Waals surface area contributed by atoms with Crippen molar-refractivity contribution in [3.05, 3.63) is 88.9 Å². The third kappa shape index (κ3) is 6.76. The summed E-state index contributed by atoms with van der Waals surface area (Å²) in [6, 6.07) is 20.0. The van der Waals surface area contributed by atoms with Crippen molar-refractivity contribution in [1.29, 1.82) is 0 Å². The zero-order valence-corrected chi connectivity index (χ0v) is 21.5. The lowest BCUT2D eigenvalue weighted by Gasteiger charge is -2.22. The molecule has 3 aromatic rings. The van der Waals surface area contributed by atoms with E-state index in [1.54, 1.807) is 11.8 Å². The van der Waals surface area contributed by atoms with Crippen molar-refractivity contribution in [3.8, 4) is 5.75 Å². The molecule has 0 heterocycles. The molecule has 0 aliphatic heterocycles. The fourth-order valence-corrected chi connectivity index (χ4v) is 5.35. The number of sulfonamides is 1. The van der Waals surface area contributed by atoms with Crippen molar-refractivity contribution in [2.75, 3.05) is 13.4 Å². The fraction of sp³-hybridized carbons (Fsp3) is 0.240. The van der Waals surface area contributed by atoms with Gasteiger partial charge in [-0.05, 0) is 61.1 Å². The van der Waals surface area contributed by atoms with Gasteiger partial charge in [0.2, 0.25) is 15.9 Å². The number of thioether (sulfide) groups is 1. The van der Waals surface area contributed by atoms with Crippen LogP contribution in [0.25, 0.3) is 0 Å². The number of methoxy groups -OCH3 is 1. The number of carbonyl (C=O) groups excluding carboxylic acids is 1. The molecule has 1 amide bonds. The molecule has 9 heteroatoms. The molecule has 0 radical (unpaired) electrons. The molecule has 6 nitrogen and oxygen atoms in total. The topological polar surface area (TPSA) is 84.5 Å².